The molecule has 3 heterocycles. The van der Waals surface area contributed by atoms with Crippen LogP contribution in [0.25, 0.3) is 10.4 Å². The third-order valence-electron chi connectivity index (χ3n) is 6.02. The second-order valence-electron chi connectivity index (χ2n) is 8.71. The summed E-state index contributed by atoms with van der Waals surface area (Å²) in [6, 6.07) is 7.13. The molecule has 0 fully saturated rings. The SMILES string of the molecule is Cc1cc(-c2ccc(CCn3cnn(CC(CN)=C(F)F)c3=O)s2)cc2c1N(OC(=O)C(F)(F)F)C(=O)CC2. The molecule has 2 N–H and O–H groups in total. The van der Waals surface area contributed by atoms with E-state index in [1.807, 2.05) is 12.1 Å². The van der Waals surface area contributed by atoms with Crippen molar-refractivity contribution in [1.82, 2.24) is 14.3 Å². The van der Waals surface area contributed by atoms with Gasteiger partial charge < -0.3 is 10.6 Å². The number of hydrogen-bond donors (Lipinski definition) is 1. The van der Waals surface area contributed by atoms with Crippen LogP contribution in [0.5, 0.6) is 0 Å². The van der Waals surface area contributed by atoms with E-state index in [-0.39, 0.29) is 30.6 Å². The van der Waals surface area contributed by atoms with Crippen LogP contribution in [0, 0.1) is 6.92 Å². The van der Waals surface area contributed by atoms with Gasteiger partial charge in [-0.2, -0.15) is 27.1 Å². The molecule has 9 nitrogen and oxygen atoms in total. The summed E-state index contributed by atoms with van der Waals surface area (Å²) in [5.74, 6) is -3.23. The zero-order valence-corrected chi connectivity index (χ0v) is 21.2. The minimum Gasteiger partial charge on any atom is -0.327 e. The van der Waals surface area contributed by atoms with Gasteiger partial charge in [-0.05, 0) is 60.7 Å². The first-order valence-electron chi connectivity index (χ1n) is 11.6. The summed E-state index contributed by atoms with van der Waals surface area (Å²) in [6.45, 7) is 1.07. The molecule has 0 aliphatic carbocycles. The smallest absolute Gasteiger partial charge is 0.327 e. The zero-order valence-electron chi connectivity index (χ0n) is 20.4. The monoisotopic (exact) mass is 571 g/mol. The van der Waals surface area contributed by atoms with Crippen LogP contribution in [0.2, 0.25) is 0 Å². The number of thiophene rings is 1. The third kappa shape index (κ3) is 6.09. The molecule has 0 unspecified atom stereocenters. The number of nitrogens with zero attached hydrogens (tertiary/aromatic N) is 4. The molecule has 1 aliphatic heterocycles. The average Bonchev–Trinajstić information content (AvgIpc) is 3.48. The number of aryl methyl sites for hydroxylation is 4. The van der Waals surface area contributed by atoms with Crippen molar-refractivity contribution in [3.8, 4) is 10.4 Å². The average molecular weight is 572 g/mol. The number of fused-ring (bicyclic) bond motifs is 1. The number of carbonyl (C=O) groups excluding carboxylic acids is 2. The lowest BCUT2D eigenvalue weighted by atomic mass is 9.96. The Morgan fingerprint density at radius 1 is 1.18 bits per heavy atom. The van der Waals surface area contributed by atoms with Gasteiger partial charge in [-0.15, -0.1) is 16.4 Å². The van der Waals surface area contributed by atoms with E-state index in [1.165, 1.54) is 22.2 Å². The van der Waals surface area contributed by atoms with Crippen molar-refractivity contribution >= 4 is 28.9 Å². The Labute approximate surface area is 221 Å². The molecule has 2 aromatic heterocycles. The fraction of sp³-hybridized carbons (Fsp3) is 0.333. The Hall–Kier alpha value is -3.85. The Morgan fingerprint density at radius 3 is 2.59 bits per heavy atom. The Bertz CT molecular complexity index is 1500. The van der Waals surface area contributed by atoms with Gasteiger partial charge in [0.15, 0.2) is 0 Å². The number of aromatic nitrogens is 3. The maximum atomic E-state index is 12.9. The van der Waals surface area contributed by atoms with Crippen LogP contribution >= 0.6 is 11.3 Å². The largest absolute Gasteiger partial charge is 0.493 e. The number of carbonyl (C=O) groups is 2. The minimum absolute atomic E-state index is 0.112. The molecular weight excluding hydrogens is 549 g/mol. The van der Waals surface area contributed by atoms with Gasteiger partial charge in [0.05, 0.1) is 12.2 Å². The summed E-state index contributed by atoms with van der Waals surface area (Å²) in [5, 5.41) is 4.29. The van der Waals surface area contributed by atoms with Crippen LogP contribution in [0.3, 0.4) is 0 Å². The Morgan fingerprint density at radius 2 is 1.92 bits per heavy atom. The molecule has 0 radical (unpaired) electrons. The molecule has 1 aromatic carbocycles. The van der Waals surface area contributed by atoms with Gasteiger partial charge >= 0.3 is 17.8 Å². The summed E-state index contributed by atoms with van der Waals surface area (Å²) in [7, 11) is 0. The predicted molar refractivity (Wildman–Crippen MR) is 131 cm³/mol. The topological polar surface area (TPSA) is 112 Å². The van der Waals surface area contributed by atoms with Crippen molar-refractivity contribution in [2.75, 3.05) is 11.6 Å². The first kappa shape index (κ1) is 28.2. The molecule has 4 rings (SSSR count). The Kier molecular flexibility index (Phi) is 8.02. The number of benzene rings is 1. The number of rotatable bonds is 8. The molecule has 39 heavy (non-hydrogen) atoms. The molecular formula is C24H22F5N5O4S. The van der Waals surface area contributed by atoms with Crippen molar-refractivity contribution in [1.29, 1.82) is 0 Å². The summed E-state index contributed by atoms with van der Waals surface area (Å²) in [4.78, 5) is 42.2. The highest BCUT2D eigenvalue weighted by molar-refractivity contribution is 7.15. The fourth-order valence-electron chi connectivity index (χ4n) is 4.09. The molecule has 208 valence electrons. The lowest BCUT2D eigenvalue weighted by Crippen LogP contribution is -2.41. The first-order valence-corrected chi connectivity index (χ1v) is 12.4. The lowest BCUT2D eigenvalue weighted by molar-refractivity contribution is -0.201. The number of amides is 1. The molecule has 15 heteroatoms. The molecule has 1 aliphatic rings. The van der Waals surface area contributed by atoms with Crippen molar-refractivity contribution in [2.24, 2.45) is 5.73 Å². The molecule has 3 aromatic rings. The number of hydrogen-bond acceptors (Lipinski definition) is 7. The number of alkyl halides is 3. The van der Waals surface area contributed by atoms with E-state index in [4.69, 9.17) is 5.73 Å². The summed E-state index contributed by atoms with van der Waals surface area (Å²) in [6.07, 6.45) is -5.33. The Balaban J connectivity index is 1.50. The highest BCUT2D eigenvalue weighted by Crippen LogP contribution is 2.38. The summed E-state index contributed by atoms with van der Waals surface area (Å²) < 4.78 is 66.1. The number of nitrogens with two attached hydrogens (primary N) is 1. The van der Waals surface area contributed by atoms with E-state index in [1.54, 1.807) is 19.1 Å². The normalized spacial score (nSPS) is 13.4. The quantitative estimate of drug-likeness (QED) is 0.413. The molecule has 0 saturated heterocycles. The van der Waals surface area contributed by atoms with Crippen LogP contribution in [0.15, 0.2) is 47.0 Å². The van der Waals surface area contributed by atoms with E-state index in [2.05, 4.69) is 9.94 Å². The predicted octanol–water partition coefficient (Wildman–Crippen LogP) is 3.73. The zero-order chi connectivity index (χ0) is 28.5. The van der Waals surface area contributed by atoms with Gasteiger partial charge in [0.2, 0.25) is 0 Å². The van der Waals surface area contributed by atoms with Gasteiger partial charge in [0, 0.05) is 34.8 Å². The van der Waals surface area contributed by atoms with Gasteiger partial charge in [0.25, 0.3) is 12.0 Å². The van der Waals surface area contributed by atoms with Crippen molar-refractivity contribution < 1.29 is 36.4 Å². The van der Waals surface area contributed by atoms with Crippen LogP contribution in [0.4, 0.5) is 27.6 Å². The van der Waals surface area contributed by atoms with Gasteiger partial charge in [-0.3, -0.25) is 9.36 Å². The van der Waals surface area contributed by atoms with Crippen molar-refractivity contribution in [2.45, 2.75) is 45.5 Å². The second kappa shape index (κ2) is 11.1. The number of hydroxylamine groups is 1. The molecule has 0 bridgehead atoms. The summed E-state index contributed by atoms with van der Waals surface area (Å²) >= 11 is 1.43. The molecule has 0 saturated carbocycles. The second-order valence-corrected chi connectivity index (χ2v) is 9.88. The van der Waals surface area contributed by atoms with Gasteiger partial charge in [-0.25, -0.2) is 14.3 Å². The molecule has 0 atom stereocenters. The highest BCUT2D eigenvalue weighted by Gasteiger charge is 2.44. The molecule has 1 amide bonds. The van der Waals surface area contributed by atoms with E-state index in [0.29, 0.717) is 22.6 Å². The number of anilines is 1. The maximum Gasteiger partial charge on any atom is 0.493 e. The van der Waals surface area contributed by atoms with E-state index >= 15 is 0 Å². The fourth-order valence-corrected chi connectivity index (χ4v) is 5.07. The highest BCUT2D eigenvalue weighted by atomic mass is 32.1. The van der Waals surface area contributed by atoms with Crippen LogP contribution in [0.1, 0.15) is 22.4 Å². The van der Waals surface area contributed by atoms with E-state index < -0.39 is 42.9 Å². The van der Waals surface area contributed by atoms with Crippen LogP contribution < -0.4 is 16.5 Å². The van der Waals surface area contributed by atoms with Crippen molar-refractivity contribution in [3.05, 3.63) is 68.7 Å². The third-order valence-corrected chi connectivity index (χ3v) is 7.21. The van der Waals surface area contributed by atoms with Crippen molar-refractivity contribution in [3.63, 3.8) is 0 Å². The lowest BCUT2D eigenvalue weighted by Gasteiger charge is -2.29. The molecule has 0 spiro atoms. The van der Waals surface area contributed by atoms with Gasteiger partial charge in [0.1, 0.15) is 6.33 Å². The number of halogens is 5. The van der Waals surface area contributed by atoms with Gasteiger partial charge in [-0.1, -0.05) is 0 Å². The first-order chi connectivity index (χ1) is 18.4. The summed E-state index contributed by atoms with van der Waals surface area (Å²) in [5.41, 5.74) is 6.26. The minimum atomic E-state index is -5.25. The van der Waals surface area contributed by atoms with Crippen LogP contribution in [-0.4, -0.2) is 38.9 Å². The van der Waals surface area contributed by atoms with E-state index in [9.17, 15) is 36.3 Å². The standard InChI is InChI=1S/C24H22F5N5O4S/c1-13-8-15(9-14-2-5-19(35)34(20(13)14)38-22(36)24(27,28)29)18-4-3-17(39-18)6-7-32-12-31-33(23(32)37)11-16(10-30)21(25)26/h3-4,8-9,12H,2,5-7,10-11,30H2,1H3. The van der Waals surface area contributed by atoms with Crippen LogP contribution in [-0.2, 0) is 40.4 Å². The van der Waals surface area contributed by atoms with E-state index in [0.717, 1.165) is 20.0 Å². The maximum absolute atomic E-state index is 12.9.